The van der Waals surface area contributed by atoms with Crippen LogP contribution in [-0.4, -0.2) is 41.2 Å². The van der Waals surface area contributed by atoms with E-state index in [1.165, 1.54) is 4.90 Å². The second-order valence-corrected chi connectivity index (χ2v) is 5.13. The van der Waals surface area contributed by atoms with Crippen LogP contribution in [0.15, 0.2) is 24.3 Å². The van der Waals surface area contributed by atoms with Crippen LogP contribution in [0.1, 0.15) is 20.3 Å². The number of nitrogens with zero attached hydrogens (tertiary/aromatic N) is 1. The molecule has 2 amide bonds. The Balaban J connectivity index is 2.02. The van der Waals surface area contributed by atoms with E-state index in [4.69, 9.17) is 4.74 Å². The Morgan fingerprint density at radius 1 is 1.38 bits per heavy atom. The zero-order valence-corrected chi connectivity index (χ0v) is 12.2. The average molecular weight is 292 g/mol. The highest BCUT2D eigenvalue weighted by molar-refractivity contribution is 5.92. The van der Waals surface area contributed by atoms with Gasteiger partial charge in [0.2, 0.25) is 0 Å². The van der Waals surface area contributed by atoms with E-state index in [2.05, 4.69) is 5.32 Å². The molecule has 0 radical (unpaired) electrons. The fraction of sp³-hybridized carbons (Fsp3) is 0.467. The van der Waals surface area contributed by atoms with Crippen LogP contribution in [0.2, 0.25) is 0 Å². The maximum Gasteiger partial charge on any atom is 0.326 e. The first-order valence-corrected chi connectivity index (χ1v) is 7.06. The predicted octanol–water partition coefficient (Wildman–Crippen LogP) is 2.41. The number of urea groups is 1. The first-order valence-electron chi connectivity index (χ1n) is 7.06. The normalized spacial score (nSPS) is 21.1. The molecular weight excluding hydrogens is 272 g/mol. The third-order valence-electron chi connectivity index (χ3n) is 3.63. The van der Waals surface area contributed by atoms with Gasteiger partial charge >= 0.3 is 12.0 Å². The van der Waals surface area contributed by atoms with Crippen molar-refractivity contribution in [2.24, 2.45) is 5.92 Å². The Morgan fingerprint density at radius 2 is 2.05 bits per heavy atom. The molecule has 1 fully saturated rings. The Bertz CT molecular complexity index is 515. The topological polar surface area (TPSA) is 78.9 Å². The maximum absolute atomic E-state index is 12.2. The monoisotopic (exact) mass is 292 g/mol. The summed E-state index contributed by atoms with van der Waals surface area (Å²) in [5.74, 6) is -0.260. The molecular formula is C15H20N2O4. The Kier molecular flexibility index (Phi) is 4.67. The number of carbonyl (C=O) groups excluding carboxylic acids is 1. The van der Waals surface area contributed by atoms with Gasteiger partial charge in [-0.05, 0) is 43.5 Å². The number of hydrogen-bond donors (Lipinski definition) is 2. The van der Waals surface area contributed by atoms with Crippen molar-refractivity contribution in [3.8, 4) is 5.75 Å². The van der Waals surface area contributed by atoms with E-state index in [-0.39, 0.29) is 11.9 Å². The van der Waals surface area contributed by atoms with Crippen LogP contribution < -0.4 is 10.1 Å². The molecule has 0 saturated carbocycles. The number of rotatable bonds is 4. The molecule has 2 unspecified atom stereocenters. The molecule has 114 valence electrons. The lowest BCUT2D eigenvalue weighted by molar-refractivity contribution is -0.142. The van der Waals surface area contributed by atoms with Crippen LogP contribution in [0.5, 0.6) is 5.75 Å². The molecule has 0 aliphatic carbocycles. The Morgan fingerprint density at radius 3 is 2.62 bits per heavy atom. The zero-order valence-electron chi connectivity index (χ0n) is 12.2. The fourth-order valence-corrected chi connectivity index (χ4v) is 2.55. The molecule has 2 atom stereocenters. The standard InChI is InChI=1S/C15H20N2O4/c1-3-21-12-6-4-11(5-7-12)16-15(20)17-9-8-10(2)13(17)14(18)19/h4-7,10,13H,3,8-9H2,1-2H3,(H,16,20)(H,18,19). The number of carboxylic acids is 1. The van der Waals surface area contributed by atoms with Crippen molar-refractivity contribution in [2.75, 3.05) is 18.5 Å². The largest absolute Gasteiger partial charge is 0.494 e. The van der Waals surface area contributed by atoms with Gasteiger partial charge in [0.15, 0.2) is 0 Å². The Hall–Kier alpha value is -2.24. The minimum absolute atomic E-state index is 0.0337. The smallest absolute Gasteiger partial charge is 0.326 e. The number of nitrogens with one attached hydrogen (secondary N) is 1. The number of ether oxygens (including phenoxy) is 1. The summed E-state index contributed by atoms with van der Waals surface area (Å²) in [7, 11) is 0. The molecule has 1 aliphatic heterocycles. The third kappa shape index (κ3) is 3.45. The van der Waals surface area contributed by atoms with Gasteiger partial charge in [-0.2, -0.15) is 0 Å². The number of hydrogen-bond acceptors (Lipinski definition) is 3. The SMILES string of the molecule is CCOc1ccc(NC(=O)N2CCC(C)C2C(=O)O)cc1. The van der Waals surface area contributed by atoms with Gasteiger partial charge in [0.05, 0.1) is 6.61 Å². The van der Waals surface area contributed by atoms with Crippen molar-refractivity contribution in [3.63, 3.8) is 0 Å². The lowest BCUT2D eigenvalue weighted by atomic mass is 10.0. The molecule has 2 rings (SSSR count). The second kappa shape index (κ2) is 6.47. The number of carboxylic acid groups (broad SMARTS) is 1. The van der Waals surface area contributed by atoms with Crippen LogP contribution in [-0.2, 0) is 4.79 Å². The minimum atomic E-state index is -0.957. The van der Waals surface area contributed by atoms with Gasteiger partial charge in [0, 0.05) is 12.2 Å². The van der Waals surface area contributed by atoms with Crippen LogP contribution in [0, 0.1) is 5.92 Å². The Labute approximate surface area is 123 Å². The van der Waals surface area contributed by atoms with Crippen molar-refractivity contribution in [3.05, 3.63) is 24.3 Å². The fourth-order valence-electron chi connectivity index (χ4n) is 2.55. The van der Waals surface area contributed by atoms with Crippen molar-refractivity contribution >= 4 is 17.7 Å². The number of likely N-dealkylation sites (tertiary alicyclic amines) is 1. The van der Waals surface area contributed by atoms with E-state index in [0.29, 0.717) is 25.3 Å². The average Bonchev–Trinajstić information content (AvgIpc) is 2.83. The number of amides is 2. The zero-order chi connectivity index (χ0) is 15.4. The molecule has 1 aromatic rings. The van der Waals surface area contributed by atoms with Gasteiger partial charge in [0.1, 0.15) is 11.8 Å². The van der Waals surface area contributed by atoms with Crippen LogP contribution in [0.3, 0.4) is 0 Å². The quantitative estimate of drug-likeness (QED) is 0.893. The molecule has 0 aromatic heterocycles. The van der Waals surface area contributed by atoms with E-state index in [0.717, 1.165) is 5.75 Å². The molecule has 1 aliphatic rings. The molecule has 0 spiro atoms. The van der Waals surface area contributed by atoms with Crippen LogP contribution in [0.25, 0.3) is 0 Å². The summed E-state index contributed by atoms with van der Waals surface area (Å²) in [6, 6.07) is 5.86. The number of anilines is 1. The van der Waals surface area contributed by atoms with Crippen molar-refractivity contribution in [2.45, 2.75) is 26.3 Å². The van der Waals surface area contributed by atoms with E-state index in [1.807, 2.05) is 13.8 Å². The van der Waals surface area contributed by atoms with E-state index >= 15 is 0 Å². The maximum atomic E-state index is 12.2. The first-order chi connectivity index (χ1) is 10.0. The summed E-state index contributed by atoms with van der Waals surface area (Å²) in [6.07, 6.45) is 0.702. The van der Waals surface area contributed by atoms with Gasteiger partial charge in [-0.15, -0.1) is 0 Å². The van der Waals surface area contributed by atoms with Gasteiger partial charge < -0.3 is 20.1 Å². The highest BCUT2D eigenvalue weighted by Gasteiger charge is 2.39. The highest BCUT2D eigenvalue weighted by Crippen LogP contribution is 2.25. The molecule has 1 saturated heterocycles. The lowest BCUT2D eigenvalue weighted by Crippen LogP contribution is -2.44. The summed E-state index contributed by atoms with van der Waals surface area (Å²) in [4.78, 5) is 24.8. The first kappa shape index (κ1) is 15.2. The van der Waals surface area contributed by atoms with Crippen molar-refractivity contribution in [1.82, 2.24) is 4.90 Å². The van der Waals surface area contributed by atoms with Crippen LogP contribution in [0.4, 0.5) is 10.5 Å². The molecule has 0 bridgehead atoms. The van der Waals surface area contributed by atoms with E-state index in [1.54, 1.807) is 24.3 Å². The van der Waals surface area contributed by atoms with Crippen LogP contribution >= 0.6 is 0 Å². The summed E-state index contributed by atoms with van der Waals surface area (Å²) >= 11 is 0. The number of carbonyl (C=O) groups is 2. The highest BCUT2D eigenvalue weighted by atomic mass is 16.5. The second-order valence-electron chi connectivity index (χ2n) is 5.13. The third-order valence-corrected chi connectivity index (χ3v) is 3.63. The van der Waals surface area contributed by atoms with Gasteiger partial charge in [0.25, 0.3) is 0 Å². The van der Waals surface area contributed by atoms with Gasteiger partial charge in [-0.3, -0.25) is 0 Å². The minimum Gasteiger partial charge on any atom is -0.494 e. The summed E-state index contributed by atoms with van der Waals surface area (Å²) in [6.45, 7) is 4.79. The molecule has 6 nitrogen and oxygen atoms in total. The molecule has 1 heterocycles. The number of benzene rings is 1. The summed E-state index contributed by atoms with van der Waals surface area (Å²) in [5, 5.41) is 12.0. The molecule has 21 heavy (non-hydrogen) atoms. The van der Waals surface area contributed by atoms with Crippen molar-refractivity contribution < 1.29 is 19.4 Å². The molecule has 1 aromatic carbocycles. The van der Waals surface area contributed by atoms with Crippen molar-refractivity contribution in [1.29, 1.82) is 0 Å². The lowest BCUT2D eigenvalue weighted by Gasteiger charge is -2.23. The molecule has 2 N–H and O–H groups in total. The van der Waals surface area contributed by atoms with Gasteiger partial charge in [-0.1, -0.05) is 6.92 Å². The molecule has 6 heteroatoms. The summed E-state index contributed by atoms with van der Waals surface area (Å²) in [5.41, 5.74) is 0.618. The van der Waals surface area contributed by atoms with E-state index in [9.17, 15) is 14.7 Å². The van der Waals surface area contributed by atoms with E-state index < -0.39 is 12.0 Å². The predicted molar refractivity (Wildman–Crippen MR) is 78.5 cm³/mol. The number of aliphatic carboxylic acids is 1. The summed E-state index contributed by atoms with van der Waals surface area (Å²) < 4.78 is 5.33. The van der Waals surface area contributed by atoms with Gasteiger partial charge in [-0.25, -0.2) is 9.59 Å².